The van der Waals surface area contributed by atoms with Crippen molar-refractivity contribution in [2.75, 3.05) is 6.61 Å². The third-order valence-electron chi connectivity index (χ3n) is 2.31. The van der Waals surface area contributed by atoms with E-state index in [1.54, 1.807) is 11.3 Å². The third-order valence-corrected chi connectivity index (χ3v) is 4.49. The predicted octanol–water partition coefficient (Wildman–Crippen LogP) is 4.88. The van der Waals surface area contributed by atoms with Crippen molar-refractivity contribution in [3.8, 4) is 16.2 Å². The van der Waals surface area contributed by atoms with Crippen LogP contribution in [-0.2, 0) is 0 Å². The van der Waals surface area contributed by atoms with Crippen molar-refractivity contribution in [3.05, 3.63) is 39.7 Å². The minimum atomic E-state index is 0.711. The van der Waals surface area contributed by atoms with Gasteiger partial charge in [-0.2, -0.15) is 0 Å². The molecule has 0 unspecified atom stereocenters. The van der Waals surface area contributed by atoms with Gasteiger partial charge in [-0.15, -0.1) is 11.3 Å². The Kier molecular flexibility index (Phi) is 3.66. The number of hydrogen-bond acceptors (Lipinski definition) is 2. The number of ether oxygens (including phenoxy) is 1. The van der Waals surface area contributed by atoms with Crippen LogP contribution in [0.25, 0.3) is 10.4 Å². The lowest BCUT2D eigenvalue weighted by molar-refractivity contribution is 0.340. The van der Waals surface area contributed by atoms with Crippen LogP contribution in [-0.4, -0.2) is 6.61 Å². The molecule has 0 N–H and O–H groups in total. The third kappa shape index (κ3) is 2.47. The van der Waals surface area contributed by atoms with Crippen LogP contribution in [0.4, 0.5) is 0 Å². The topological polar surface area (TPSA) is 9.23 Å². The zero-order chi connectivity index (χ0) is 11.5. The number of benzene rings is 1. The van der Waals surface area contributed by atoms with Gasteiger partial charge in [-0.05, 0) is 65.7 Å². The lowest BCUT2D eigenvalue weighted by Gasteiger charge is -2.03. The minimum Gasteiger partial charge on any atom is -0.494 e. The SMILES string of the molecule is CCOc1ccc(-c2cc(Br)c(C)s2)cc1. The molecule has 84 valence electrons. The van der Waals surface area contributed by atoms with E-state index in [-0.39, 0.29) is 0 Å². The van der Waals surface area contributed by atoms with Crippen LogP contribution < -0.4 is 4.74 Å². The lowest BCUT2D eigenvalue weighted by Crippen LogP contribution is -1.90. The van der Waals surface area contributed by atoms with E-state index in [9.17, 15) is 0 Å². The highest BCUT2D eigenvalue weighted by Gasteiger charge is 2.05. The van der Waals surface area contributed by atoms with Gasteiger partial charge in [0.25, 0.3) is 0 Å². The Morgan fingerprint density at radius 3 is 2.44 bits per heavy atom. The van der Waals surface area contributed by atoms with Gasteiger partial charge >= 0.3 is 0 Å². The Balaban J connectivity index is 2.27. The molecule has 0 saturated heterocycles. The number of thiophene rings is 1. The van der Waals surface area contributed by atoms with Crippen LogP contribution in [0, 0.1) is 6.92 Å². The van der Waals surface area contributed by atoms with Gasteiger partial charge in [0.1, 0.15) is 5.75 Å². The molecule has 0 amide bonds. The Morgan fingerprint density at radius 1 is 1.25 bits per heavy atom. The molecule has 0 radical (unpaired) electrons. The molecule has 0 atom stereocenters. The van der Waals surface area contributed by atoms with Crippen LogP contribution in [0.1, 0.15) is 11.8 Å². The zero-order valence-corrected chi connectivity index (χ0v) is 11.7. The molecule has 1 nitrogen and oxygen atoms in total. The minimum absolute atomic E-state index is 0.711. The monoisotopic (exact) mass is 296 g/mol. The van der Waals surface area contributed by atoms with Crippen LogP contribution in [0.5, 0.6) is 5.75 Å². The van der Waals surface area contributed by atoms with Crippen molar-refractivity contribution < 1.29 is 4.74 Å². The smallest absolute Gasteiger partial charge is 0.119 e. The molecule has 16 heavy (non-hydrogen) atoms. The van der Waals surface area contributed by atoms with Gasteiger partial charge in [0.15, 0.2) is 0 Å². The highest BCUT2D eigenvalue weighted by atomic mass is 79.9. The summed E-state index contributed by atoms with van der Waals surface area (Å²) in [6, 6.07) is 10.4. The first-order valence-corrected chi connectivity index (χ1v) is 6.81. The molecule has 0 fully saturated rings. The van der Waals surface area contributed by atoms with E-state index in [1.807, 2.05) is 19.1 Å². The molecule has 1 aromatic heterocycles. The first-order chi connectivity index (χ1) is 7.70. The van der Waals surface area contributed by atoms with Gasteiger partial charge in [0.2, 0.25) is 0 Å². The van der Waals surface area contributed by atoms with E-state index in [2.05, 4.69) is 41.1 Å². The molecular formula is C13H13BrOS. The van der Waals surface area contributed by atoms with Crippen molar-refractivity contribution in [3.63, 3.8) is 0 Å². The largest absolute Gasteiger partial charge is 0.494 e. The fourth-order valence-corrected chi connectivity index (χ4v) is 3.02. The van der Waals surface area contributed by atoms with E-state index >= 15 is 0 Å². The summed E-state index contributed by atoms with van der Waals surface area (Å²) in [7, 11) is 0. The number of hydrogen-bond donors (Lipinski definition) is 0. The Bertz CT molecular complexity index is 454. The second-order valence-corrected chi connectivity index (χ2v) is 5.58. The maximum absolute atomic E-state index is 5.42. The quantitative estimate of drug-likeness (QED) is 0.784. The molecule has 3 heteroatoms. The van der Waals surface area contributed by atoms with Gasteiger partial charge < -0.3 is 4.74 Å². The summed E-state index contributed by atoms with van der Waals surface area (Å²) in [4.78, 5) is 2.59. The number of aryl methyl sites for hydroxylation is 1. The number of rotatable bonds is 3. The molecule has 0 aliphatic rings. The van der Waals surface area contributed by atoms with Crippen molar-refractivity contribution in [2.45, 2.75) is 13.8 Å². The fourth-order valence-electron chi connectivity index (χ4n) is 1.48. The van der Waals surface area contributed by atoms with Crippen LogP contribution in [0.2, 0.25) is 0 Å². The van der Waals surface area contributed by atoms with Crippen LogP contribution in [0.3, 0.4) is 0 Å². The Morgan fingerprint density at radius 2 is 1.94 bits per heavy atom. The van der Waals surface area contributed by atoms with Gasteiger partial charge in [-0.3, -0.25) is 0 Å². The van der Waals surface area contributed by atoms with Crippen LogP contribution >= 0.6 is 27.3 Å². The molecular weight excluding hydrogens is 284 g/mol. The maximum Gasteiger partial charge on any atom is 0.119 e. The first kappa shape index (κ1) is 11.7. The highest BCUT2D eigenvalue weighted by molar-refractivity contribution is 9.10. The first-order valence-electron chi connectivity index (χ1n) is 5.20. The second-order valence-electron chi connectivity index (χ2n) is 3.47. The summed E-state index contributed by atoms with van der Waals surface area (Å²) in [6.07, 6.45) is 0. The van der Waals surface area contributed by atoms with Gasteiger partial charge in [0, 0.05) is 14.2 Å². The average molecular weight is 297 g/mol. The van der Waals surface area contributed by atoms with Crippen LogP contribution in [0.15, 0.2) is 34.8 Å². The Labute approximate surface area is 108 Å². The molecule has 1 aromatic carbocycles. The molecule has 0 saturated carbocycles. The molecule has 1 heterocycles. The van der Waals surface area contributed by atoms with E-state index in [0.717, 1.165) is 5.75 Å². The van der Waals surface area contributed by atoms with Gasteiger partial charge in [-0.1, -0.05) is 0 Å². The average Bonchev–Trinajstić information content (AvgIpc) is 2.61. The molecule has 0 aliphatic carbocycles. The summed E-state index contributed by atoms with van der Waals surface area (Å²) in [5.74, 6) is 0.929. The zero-order valence-electron chi connectivity index (χ0n) is 9.29. The molecule has 0 aliphatic heterocycles. The van der Waals surface area contributed by atoms with Crippen molar-refractivity contribution in [1.82, 2.24) is 0 Å². The highest BCUT2D eigenvalue weighted by Crippen LogP contribution is 2.34. The van der Waals surface area contributed by atoms with E-state index in [1.165, 1.54) is 19.8 Å². The standard InChI is InChI=1S/C13H13BrOS/c1-3-15-11-6-4-10(5-7-11)13-8-12(14)9(2)16-13/h4-8H,3H2,1-2H3. The molecule has 0 spiro atoms. The van der Waals surface area contributed by atoms with Gasteiger partial charge in [-0.25, -0.2) is 0 Å². The number of halogens is 1. The molecule has 2 rings (SSSR count). The summed E-state index contributed by atoms with van der Waals surface area (Å²) >= 11 is 5.34. The van der Waals surface area contributed by atoms with E-state index in [4.69, 9.17) is 4.74 Å². The maximum atomic E-state index is 5.42. The second kappa shape index (κ2) is 5.02. The lowest BCUT2D eigenvalue weighted by atomic mass is 10.2. The summed E-state index contributed by atoms with van der Waals surface area (Å²) in [5, 5.41) is 0. The summed E-state index contributed by atoms with van der Waals surface area (Å²) < 4.78 is 6.60. The summed E-state index contributed by atoms with van der Waals surface area (Å²) in [6.45, 7) is 4.82. The van der Waals surface area contributed by atoms with Crippen molar-refractivity contribution >= 4 is 27.3 Å². The molecule has 2 aromatic rings. The van der Waals surface area contributed by atoms with Crippen molar-refractivity contribution in [2.24, 2.45) is 0 Å². The predicted molar refractivity (Wildman–Crippen MR) is 73.4 cm³/mol. The van der Waals surface area contributed by atoms with Gasteiger partial charge in [0.05, 0.1) is 6.61 Å². The van der Waals surface area contributed by atoms with E-state index in [0.29, 0.717) is 6.61 Å². The van der Waals surface area contributed by atoms with E-state index < -0.39 is 0 Å². The van der Waals surface area contributed by atoms with Crippen molar-refractivity contribution in [1.29, 1.82) is 0 Å². The molecule has 0 bridgehead atoms. The Hall–Kier alpha value is -0.800. The normalized spacial score (nSPS) is 10.4. The fraction of sp³-hybridized carbons (Fsp3) is 0.231. The summed E-state index contributed by atoms with van der Waals surface area (Å²) in [5.41, 5.74) is 1.24.